The number of aryl methyl sites for hydroxylation is 2. The molecule has 178 valence electrons. The Hall–Kier alpha value is -1.33. The van der Waals surface area contributed by atoms with Crippen molar-refractivity contribution in [3.05, 3.63) is 79.2 Å². The van der Waals surface area contributed by atoms with Crippen LogP contribution < -0.4 is 0 Å². The first-order valence-electron chi connectivity index (χ1n) is 13.3. The van der Waals surface area contributed by atoms with Gasteiger partial charge in [-0.25, -0.2) is 0 Å². The predicted octanol–water partition coefficient (Wildman–Crippen LogP) is 9.18. The number of benzene rings is 2. The Kier molecular flexibility index (Phi) is 6.20. The second kappa shape index (κ2) is 8.66. The van der Waals surface area contributed by atoms with Gasteiger partial charge in [-0.3, -0.25) is 0 Å². The zero-order valence-corrected chi connectivity index (χ0v) is 25.1. The molecular formula is C33H42Zr. The molecule has 0 unspecified atom stereocenters. The van der Waals surface area contributed by atoms with Crippen molar-refractivity contribution in [2.24, 2.45) is 0 Å². The summed E-state index contributed by atoms with van der Waals surface area (Å²) in [6.07, 6.45) is 14.1. The molecule has 1 saturated carbocycles. The summed E-state index contributed by atoms with van der Waals surface area (Å²) in [5.41, 5.74) is 12.7. The van der Waals surface area contributed by atoms with Crippen LogP contribution in [0.1, 0.15) is 111 Å². The van der Waals surface area contributed by atoms with E-state index in [1.807, 2.05) is 6.49 Å². The zero-order chi connectivity index (χ0) is 24.4. The minimum absolute atomic E-state index is 0.161. The van der Waals surface area contributed by atoms with E-state index in [9.17, 15) is 0 Å². The van der Waals surface area contributed by atoms with E-state index < -0.39 is 21.3 Å². The fourth-order valence-electron chi connectivity index (χ4n) is 6.83. The van der Waals surface area contributed by atoms with Gasteiger partial charge in [0.05, 0.1) is 0 Å². The predicted molar refractivity (Wildman–Crippen MR) is 146 cm³/mol. The minimum atomic E-state index is -2.07. The first kappa shape index (κ1) is 24.4. The van der Waals surface area contributed by atoms with E-state index in [0.29, 0.717) is 3.63 Å². The average Bonchev–Trinajstić information content (AvgIpc) is 3.48. The van der Waals surface area contributed by atoms with E-state index in [4.69, 9.17) is 0 Å². The Labute approximate surface area is 215 Å². The molecular weight excluding hydrogens is 488 g/mol. The third-order valence-corrected chi connectivity index (χ3v) is 17.0. The van der Waals surface area contributed by atoms with Gasteiger partial charge in [0.1, 0.15) is 0 Å². The molecule has 0 atom stereocenters. The summed E-state index contributed by atoms with van der Waals surface area (Å²) >= 11 is -2.07. The average molecular weight is 530 g/mol. The number of fused-ring (bicyclic) bond motifs is 3. The Balaban J connectivity index is 1.83. The molecule has 0 aliphatic heterocycles. The summed E-state index contributed by atoms with van der Waals surface area (Å²) in [5.74, 6) is 0. The van der Waals surface area contributed by atoms with Crippen LogP contribution in [-0.4, -0.2) is 3.21 Å². The SMILES string of the molecule is Cc1cc2c(cc1C(C)(C)C)-c1cc(C(C)(C)C)c(C)cc1[CH]2[Zr]([C]1=CC=CC1)=[C]1CCCC1. The standard InChI is InChI=1S/C23H29.C5H8.C5H5.Zr/c1-14-9-16-11-17-10-15(2)21(23(6,7)8)13-19(17)18(16)12-20(14)22(3,4)5;2*1-2-4-5-3-1;/h9-13H,1-8H3;1-4H2;1-3H,4H2;. The van der Waals surface area contributed by atoms with Gasteiger partial charge < -0.3 is 0 Å². The Morgan fingerprint density at radius 2 is 1.24 bits per heavy atom. The summed E-state index contributed by atoms with van der Waals surface area (Å²) < 4.78 is 4.47. The first-order valence-corrected chi connectivity index (χ1v) is 17.2. The summed E-state index contributed by atoms with van der Waals surface area (Å²) in [4.78, 5) is 0. The second-order valence-corrected chi connectivity index (χ2v) is 19.8. The molecule has 0 bridgehead atoms. The first-order chi connectivity index (χ1) is 16.0. The normalized spacial score (nSPS) is 17.9. The topological polar surface area (TPSA) is 0 Å². The fraction of sp³-hybridized carbons (Fsp3) is 0.485. The van der Waals surface area contributed by atoms with Gasteiger partial charge in [-0.05, 0) is 0 Å². The second-order valence-electron chi connectivity index (χ2n) is 13.0. The van der Waals surface area contributed by atoms with Crippen molar-refractivity contribution in [1.29, 1.82) is 0 Å². The molecule has 3 aliphatic carbocycles. The van der Waals surface area contributed by atoms with Crippen LogP contribution in [0.2, 0.25) is 0 Å². The van der Waals surface area contributed by atoms with E-state index in [-0.39, 0.29) is 10.8 Å². The van der Waals surface area contributed by atoms with Crippen LogP contribution in [0.3, 0.4) is 0 Å². The summed E-state index contributed by atoms with van der Waals surface area (Å²) in [6, 6.07) is 10.4. The van der Waals surface area contributed by atoms with Gasteiger partial charge in [0.25, 0.3) is 0 Å². The third-order valence-electron chi connectivity index (χ3n) is 8.32. The number of hydrogen-bond acceptors (Lipinski definition) is 0. The van der Waals surface area contributed by atoms with Crippen molar-refractivity contribution in [2.75, 3.05) is 0 Å². The quantitative estimate of drug-likeness (QED) is 0.364. The molecule has 0 saturated heterocycles. The van der Waals surface area contributed by atoms with Crippen LogP contribution in [0.4, 0.5) is 0 Å². The van der Waals surface area contributed by atoms with Gasteiger partial charge in [-0.1, -0.05) is 0 Å². The molecule has 5 rings (SSSR count). The molecule has 0 heterocycles. The molecule has 3 aliphatic rings. The molecule has 0 spiro atoms. The van der Waals surface area contributed by atoms with Crippen LogP contribution in [0.15, 0.2) is 45.8 Å². The maximum atomic E-state index is 2.62. The molecule has 0 N–H and O–H groups in total. The van der Waals surface area contributed by atoms with Crippen molar-refractivity contribution < 1.29 is 21.3 Å². The van der Waals surface area contributed by atoms with Crippen molar-refractivity contribution in [2.45, 2.75) is 102 Å². The molecule has 2 aromatic rings. The van der Waals surface area contributed by atoms with E-state index >= 15 is 0 Å². The van der Waals surface area contributed by atoms with Crippen LogP contribution in [-0.2, 0) is 32.1 Å². The monoisotopic (exact) mass is 528 g/mol. The van der Waals surface area contributed by atoms with Crippen LogP contribution in [0, 0.1) is 13.8 Å². The van der Waals surface area contributed by atoms with Crippen molar-refractivity contribution >= 4 is 3.21 Å². The molecule has 2 aromatic carbocycles. The van der Waals surface area contributed by atoms with Gasteiger partial charge >= 0.3 is 217 Å². The molecule has 1 fully saturated rings. The van der Waals surface area contributed by atoms with Crippen molar-refractivity contribution in [1.82, 2.24) is 0 Å². The van der Waals surface area contributed by atoms with E-state index in [0.717, 1.165) is 0 Å². The van der Waals surface area contributed by atoms with Crippen LogP contribution in [0.5, 0.6) is 0 Å². The molecule has 0 radical (unpaired) electrons. The van der Waals surface area contributed by atoms with E-state index in [2.05, 4.69) is 97.9 Å². The fourth-order valence-corrected chi connectivity index (χ4v) is 16.3. The van der Waals surface area contributed by atoms with E-state index in [1.165, 1.54) is 54.4 Å². The zero-order valence-electron chi connectivity index (χ0n) is 22.7. The Bertz CT molecular complexity index is 1170. The van der Waals surface area contributed by atoms with Crippen LogP contribution in [0.25, 0.3) is 11.1 Å². The third kappa shape index (κ3) is 4.15. The summed E-state index contributed by atoms with van der Waals surface area (Å²) in [7, 11) is 0. The van der Waals surface area contributed by atoms with Crippen LogP contribution >= 0.6 is 0 Å². The summed E-state index contributed by atoms with van der Waals surface area (Å²) in [5, 5.41) is 0. The van der Waals surface area contributed by atoms with Gasteiger partial charge in [-0.2, -0.15) is 0 Å². The van der Waals surface area contributed by atoms with Gasteiger partial charge in [0.2, 0.25) is 0 Å². The van der Waals surface area contributed by atoms with Crippen molar-refractivity contribution in [3.8, 4) is 11.1 Å². The molecule has 0 aromatic heterocycles. The molecule has 34 heavy (non-hydrogen) atoms. The van der Waals surface area contributed by atoms with Gasteiger partial charge in [0, 0.05) is 0 Å². The molecule has 0 nitrogen and oxygen atoms in total. The molecule has 1 heteroatoms. The number of allylic oxidation sites excluding steroid dienone is 4. The Morgan fingerprint density at radius 3 is 1.65 bits per heavy atom. The maximum absolute atomic E-state index is 2.62. The number of rotatable bonds is 2. The molecule has 0 amide bonds. The van der Waals surface area contributed by atoms with Gasteiger partial charge in [-0.15, -0.1) is 0 Å². The van der Waals surface area contributed by atoms with Gasteiger partial charge in [0.15, 0.2) is 0 Å². The Morgan fingerprint density at radius 1 is 0.735 bits per heavy atom. The number of hydrogen-bond donors (Lipinski definition) is 0. The van der Waals surface area contributed by atoms with E-state index in [1.54, 1.807) is 22.3 Å². The van der Waals surface area contributed by atoms with Crippen molar-refractivity contribution in [3.63, 3.8) is 0 Å². The summed E-state index contributed by atoms with van der Waals surface area (Å²) in [6.45, 7) is 18.9.